The molecule has 6 nitrogen and oxygen atoms in total. The van der Waals surface area contributed by atoms with Gasteiger partial charge in [0.2, 0.25) is 0 Å². The lowest BCUT2D eigenvalue weighted by Gasteiger charge is -2.07. The number of furan rings is 1. The van der Waals surface area contributed by atoms with Crippen LogP contribution < -0.4 is 0 Å². The van der Waals surface area contributed by atoms with E-state index in [9.17, 15) is 4.79 Å². The molecule has 6 heteroatoms. The molecule has 20 heavy (non-hydrogen) atoms. The Hall–Kier alpha value is -2.76. The molecule has 0 saturated heterocycles. The highest BCUT2D eigenvalue weighted by molar-refractivity contribution is 5.92. The second-order valence-corrected chi connectivity index (χ2v) is 4.25. The molecule has 3 heterocycles. The number of aryl methyl sites for hydroxylation is 1. The molecule has 0 bridgehead atoms. The first-order valence-electron chi connectivity index (χ1n) is 6.10. The van der Waals surface area contributed by atoms with Crippen molar-refractivity contribution in [2.24, 2.45) is 7.05 Å². The Bertz CT molecular complexity index is 696. The van der Waals surface area contributed by atoms with E-state index in [0.717, 1.165) is 0 Å². The molecule has 0 N–H and O–H groups in total. The van der Waals surface area contributed by atoms with Crippen LogP contribution in [0.1, 0.15) is 16.1 Å². The van der Waals surface area contributed by atoms with Gasteiger partial charge >= 0.3 is 5.97 Å². The third kappa shape index (κ3) is 2.23. The van der Waals surface area contributed by atoms with E-state index in [0.29, 0.717) is 17.1 Å². The number of aromatic nitrogens is 3. The average Bonchev–Trinajstić information content (AvgIpc) is 3.17. The molecule has 0 unspecified atom stereocenters. The summed E-state index contributed by atoms with van der Waals surface area (Å²) in [5.41, 5.74) is 0.412. The van der Waals surface area contributed by atoms with E-state index in [2.05, 4.69) is 5.10 Å². The van der Waals surface area contributed by atoms with Crippen molar-refractivity contribution >= 4 is 5.97 Å². The van der Waals surface area contributed by atoms with Crippen LogP contribution in [0.5, 0.6) is 0 Å². The summed E-state index contributed by atoms with van der Waals surface area (Å²) in [7, 11) is 1.78. The zero-order chi connectivity index (χ0) is 13.9. The number of esters is 1. The van der Waals surface area contributed by atoms with Crippen LogP contribution in [0, 0.1) is 0 Å². The normalized spacial score (nSPS) is 10.7. The largest absolute Gasteiger partial charge is 0.466 e. The maximum Gasteiger partial charge on any atom is 0.344 e. The fraction of sp³-hybridized carbons (Fsp3) is 0.143. The highest BCUT2D eigenvalue weighted by Gasteiger charge is 2.18. The zero-order valence-electron chi connectivity index (χ0n) is 10.9. The van der Waals surface area contributed by atoms with Gasteiger partial charge in [-0.15, -0.1) is 0 Å². The van der Waals surface area contributed by atoms with Gasteiger partial charge in [-0.05, 0) is 24.3 Å². The third-order valence-corrected chi connectivity index (χ3v) is 2.90. The van der Waals surface area contributed by atoms with Gasteiger partial charge in [0.05, 0.1) is 12.5 Å². The summed E-state index contributed by atoms with van der Waals surface area (Å²) < 4.78 is 13.8. The van der Waals surface area contributed by atoms with Crippen molar-refractivity contribution in [2.75, 3.05) is 0 Å². The molecule has 0 radical (unpaired) electrons. The Kier molecular flexibility index (Phi) is 3.12. The van der Waals surface area contributed by atoms with E-state index in [1.165, 1.54) is 6.20 Å². The number of carbonyl (C=O) groups excluding carboxylic acids is 1. The van der Waals surface area contributed by atoms with E-state index in [1.54, 1.807) is 30.1 Å². The molecule has 0 aromatic carbocycles. The minimum Gasteiger partial charge on any atom is -0.466 e. The molecule has 0 aliphatic carbocycles. The van der Waals surface area contributed by atoms with Crippen LogP contribution in [0.15, 0.2) is 53.5 Å². The van der Waals surface area contributed by atoms with Gasteiger partial charge in [-0.1, -0.05) is 0 Å². The van der Waals surface area contributed by atoms with Crippen molar-refractivity contribution in [3.05, 3.63) is 60.4 Å². The quantitative estimate of drug-likeness (QED) is 0.682. The van der Waals surface area contributed by atoms with Crippen molar-refractivity contribution in [2.45, 2.75) is 6.61 Å². The SMILES string of the molecule is Cn1ncc(C(=O)OCc2ccco2)c1-n1cccc1. The van der Waals surface area contributed by atoms with Gasteiger partial charge < -0.3 is 13.7 Å². The topological polar surface area (TPSA) is 62.2 Å². The molecule has 0 saturated carbocycles. The van der Waals surface area contributed by atoms with E-state index >= 15 is 0 Å². The highest BCUT2D eigenvalue weighted by Crippen LogP contribution is 2.16. The first-order chi connectivity index (χ1) is 9.75. The van der Waals surface area contributed by atoms with Crippen LogP contribution in [0.2, 0.25) is 0 Å². The lowest BCUT2D eigenvalue weighted by Crippen LogP contribution is -2.10. The van der Waals surface area contributed by atoms with Crippen LogP contribution in [0.3, 0.4) is 0 Å². The number of nitrogens with zero attached hydrogens (tertiary/aromatic N) is 3. The maximum atomic E-state index is 12.1. The molecular formula is C14H13N3O3. The molecule has 0 amide bonds. The molecule has 0 aliphatic heterocycles. The van der Waals surface area contributed by atoms with Gasteiger partial charge in [-0.25, -0.2) is 4.79 Å². The van der Waals surface area contributed by atoms with Crippen LogP contribution in [0.25, 0.3) is 5.82 Å². The van der Waals surface area contributed by atoms with E-state index in [-0.39, 0.29) is 6.61 Å². The van der Waals surface area contributed by atoms with Gasteiger partial charge in [0.1, 0.15) is 23.7 Å². The Labute approximate surface area is 115 Å². The van der Waals surface area contributed by atoms with Crippen LogP contribution in [-0.4, -0.2) is 20.3 Å². The number of ether oxygens (including phenoxy) is 1. The predicted octanol–water partition coefficient (Wildman–Crippen LogP) is 2.16. The molecule has 0 spiro atoms. The Morgan fingerprint density at radius 1 is 1.35 bits per heavy atom. The summed E-state index contributed by atoms with van der Waals surface area (Å²) in [5, 5.41) is 4.11. The maximum absolute atomic E-state index is 12.1. The Balaban J connectivity index is 1.82. The van der Waals surface area contributed by atoms with E-state index in [1.807, 2.05) is 29.1 Å². The summed E-state index contributed by atoms with van der Waals surface area (Å²) in [6.07, 6.45) is 6.74. The highest BCUT2D eigenvalue weighted by atomic mass is 16.5. The lowest BCUT2D eigenvalue weighted by molar-refractivity contribution is 0.0445. The predicted molar refractivity (Wildman–Crippen MR) is 70.4 cm³/mol. The van der Waals surface area contributed by atoms with Gasteiger partial charge in [0.25, 0.3) is 0 Å². The first kappa shape index (κ1) is 12.3. The van der Waals surface area contributed by atoms with Gasteiger partial charge in [-0.2, -0.15) is 5.10 Å². The summed E-state index contributed by atoms with van der Waals surface area (Å²) in [6.45, 7) is 0.103. The molecule has 102 valence electrons. The summed E-state index contributed by atoms with van der Waals surface area (Å²) in [4.78, 5) is 12.1. The standard InChI is InChI=1S/C14H13N3O3/c1-16-13(17-6-2-3-7-17)12(9-15-16)14(18)20-10-11-5-4-8-19-11/h2-9H,10H2,1H3. The summed E-state index contributed by atoms with van der Waals surface area (Å²) >= 11 is 0. The number of rotatable bonds is 4. The fourth-order valence-electron chi connectivity index (χ4n) is 1.97. The van der Waals surface area contributed by atoms with Gasteiger partial charge in [0, 0.05) is 19.4 Å². The smallest absolute Gasteiger partial charge is 0.344 e. The molecule has 0 atom stereocenters. The minimum absolute atomic E-state index is 0.103. The van der Waals surface area contributed by atoms with Gasteiger partial charge in [0.15, 0.2) is 0 Å². The molecule has 0 fully saturated rings. The number of hydrogen-bond acceptors (Lipinski definition) is 4. The Morgan fingerprint density at radius 2 is 2.15 bits per heavy atom. The minimum atomic E-state index is -0.432. The second kappa shape index (κ2) is 5.08. The van der Waals surface area contributed by atoms with Gasteiger partial charge in [-0.3, -0.25) is 4.68 Å². The molecule has 3 aromatic rings. The van der Waals surface area contributed by atoms with Crippen molar-refractivity contribution < 1.29 is 13.9 Å². The molecule has 0 aliphatic rings. The number of carbonyl (C=O) groups is 1. The lowest BCUT2D eigenvalue weighted by atomic mass is 10.3. The van der Waals surface area contributed by atoms with E-state index < -0.39 is 5.97 Å². The third-order valence-electron chi connectivity index (χ3n) is 2.90. The monoisotopic (exact) mass is 271 g/mol. The number of hydrogen-bond donors (Lipinski definition) is 0. The van der Waals surface area contributed by atoms with E-state index in [4.69, 9.17) is 9.15 Å². The summed E-state index contributed by atoms with van der Waals surface area (Å²) in [6, 6.07) is 7.26. The van der Waals surface area contributed by atoms with Crippen molar-refractivity contribution in [3.8, 4) is 5.82 Å². The molecular weight excluding hydrogens is 258 g/mol. The zero-order valence-corrected chi connectivity index (χ0v) is 10.9. The molecule has 3 aromatic heterocycles. The average molecular weight is 271 g/mol. The van der Waals surface area contributed by atoms with Crippen molar-refractivity contribution in [1.29, 1.82) is 0 Å². The van der Waals surface area contributed by atoms with Crippen molar-refractivity contribution in [3.63, 3.8) is 0 Å². The fourth-order valence-corrected chi connectivity index (χ4v) is 1.97. The van der Waals surface area contributed by atoms with Crippen molar-refractivity contribution in [1.82, 2.24) is 14.3 Å². The second-order valence-electron chi connectivity index (χ2n) is 4.25. The molecule has 3 rings (SSSR count). The first-order valence-corrected chi connectivity index (χ1v) is 6.10. The summed E-state index contributed by atoms with van der Waals surface area (Å²) in [5.74, 6) is 0.836. The van der Waals surface area contributed by atoms with Crippen LogP contribution in [0.4, 0.5) is 0 Å². The van der Waals surface area contributed by atoms with Crippen LogP contribution in [-0.2, 0) is 18.4 Å². The Morgan fingerprint density at radius 3 is 2.85 bits per heavy atom. The van der Waals surface area contributed by atoms with Crippen LogP contribution >= 0.6 is 0 Å².